The first-order chi connectivity index (χ1) is 23.9. The summed E-state index contributed by atoms with van der Waals surface area (Å²) in [5.41, 5.74) is 3.05. The number of halogens is 1. The lowest BCUT2D eigenvalue weighted by atomic mass is 9.76. The van der Waals surface area contributed by atoms with Crippen molar-refractivity contribution in [3.05, 3.63) is 54.4 Å². The molecule has 3 saturated heterocycles. The number of anilines is 4. The van der Waals surface area contributed by atoms with Gasteiger partial charge in [0.1, 0.15) is 17.8 Å². The van der Waals surface area contributed by atoms with E-state index in [0.29, 0.717) is 56.6 Å². The van der Waals surface area contributed by atoms with E-state index in [2.05, 4.69) is 47.8 Å². The minimum Gasteiger partial charge on any atom is -0.378 e. The SMILES string of the molecule is C=CC(=O)N1CCC[C@@H]1c1cc(N2CC3(CCC[C@@H]3S(C)(=O)=O)C2)c2cnc(Nc3ccnc(N4CC[C@@H](OC)[C@@H](F)C4)n3)cc2c1C(C)C. The number of nitrogens with one attached hydrogen (secondary N) is 1. The van der Waals surface area contributed by atoms with Gasteiger partial charge in [-0.1, -0.05) is 26.8 Å². The molecule has 5 heterocycles. The molecule has 4 aliphatic rings. The van der Waals surface area contributed by atoms with Crippen molar-refractivity contribution in [1.82, 2.24) is 19.9 Å². The summed E-state index contributed by atoms with van der Waals surface area (Å²) in [4.78, 5) is 33.1. The summed E-state index contributed by atoms with van der Waals surface area (Å²) < 4.78 is 45.6. The van der Waals surface area contributed by atoms with Crippen molar-refractivity contribution < 1.29 is 22.3 Å². The lowest BCUT2D eigenvalue weighted by molar-refractivity contribution is -0.126. The molecule has 0 bridgehead atoms. The number of nitrogens with zero attached hydrogens (tertiary/aromatic N) is 6. The average Bonchev–Trinajstić information content (AvgIpc) is 3.75. The van der Waals surface area contributed by atoms with Crippen molar-refractivity contribution in [2.75, 3.05) is 61.2 Å². The van der Waals surface area contributed by atoms with E-state index in [1.165, 1.54) is 19.4 Å². The molecule has 50 heavy (non-hydrogen) atoms. The number of likely N-dealkylation sites (tertiary alicyclic amines) is 1. The van der Waals surface area contributed by atoms with Crippen molar-refractivity contribution >= 4 is 49.8 Å². The van der Waals surface area contributed by atoms with Crippen LogP contribution >= 0.6 is 0 Å². The Labute approximate surface area is 294 Å². The monoisotopic (exact) mass is 705 g/mol. The van der Waals surface area contributed by atoms with Crippen LogP contribution in [0.4, 0.5) is 27.7 Å². The number of ether oxygens (including phenoxy) is 1. The molecule has 2 aromatic heterocycles. The number of carbonyl (C=O) groups excluding carboxylic acids is 1. The Morgan fingerprint density at radius 3 is 2.60 bits per heavy atom. The van der Waals surface area contributed by atoms with Gasteiger partial charge in [-0.25, -0.2) is 22.8 Å². The highest BCUT2D eigenvalue weighted by atomic mass is 32.2. The summed E-state index contributed by atoms with van der Waals surface area (Å²) in [5, 5.41) is 5.07. The zero-order chi connectivity index (χ0) is 35.4. The largest absolute Gasteiger partial charge is 0.378 e. The van der Waals surface area contributed by atoms with Gasteiger partial charge in [-0.3, -0.25) is 4.79 Å². The third-order valence-electron chi connectivity index (χ3n) is 11.4. The molecule has 268 valence electrons. The Morgan fingerprint density at radius 2 is 1.90 bits per heavy atom. The Hall–Kier alpha value is -3.84. The van der Waals surface area contributed by atoms with Gasteiger partial charge in [-0.05, 0) is 78.8 Å². The molecule has 1 spiro atoms. The van der Waals surface area contributed by atoms with Gasteiger partial charge in [0.25, 0.3) is 0 Å². The van der Waals surface area contributed by atoms with Crippen LogP contribution in [0.15, 0.2) is 43.2 Å². The number of hydrogen-bond acceptors (Lipinski definition) is 10. The van der Waals surface area contributed by atoms with Crippen LogP contribution in [-0.2, 0) is 19.4 Å². The van der Waals surface area contributed by atoms with Gasteiger partial charge in [-0.2, -0.15) is 4.98 Å². The molecule has 3 aliphatic heterocycles. The number of pyridine rings is 1. The number of rotatable bonds is 9. The highest BCUT2D eigenvalue weighted by Crippen LogP contribution is 2.52. The maximum absolute atomic E-state index is 14.7. The van der Waals surface area contributed by atoms with Crippen LogP contribution in [0.2, 0.25) is 0 Å². The van der Waals surface area contributed by atoms with Crippen molar-refractivity contribution in [1.29, 1.82) is 0 Å². The lowest BCUT2D eigenvalue weighted by Gasteiger charge is -2.52. The number of alkyl halides is 1. The minimum absolute atomic E-state index is 0.0733. The average molecular weight is 706 g/mol. The molecule has 4 atom stereocenters. The van der Waals surface area contributed by atoms with Crippen molar-refractivity contribution in [3.8, 4) is 0 Å². The summed E-state index contributed by atoms with van der Waals surface area (Å²) >= 11 is 0. The second kappa shape index (κ2) is 13.4. The molecule has 1 aliphatic carbocycles. The highest BCUT2D eigenvalue weighted by Gasteiger charge is 2.55. The lowest BCUT2D eigenvalue weighted by Crippen LogP contribution is -2.61. The number of sulfone groups is 1. The number of aromatic nitrogens is 3. The van der Waals surface area contributed by atoms with Crippen molar-refractivity contribution in [3.63, 3.8) is 0 Å². The summed E-state index contributed by atoms with van der Waals surface area (Å²) in [7, 11) is -1.63. The highest BCUT2D eigenvalue weighted by molar-refractivity contribution is 7.91. The van der Waals surface area contributed by atoms with Crippen molar-refractivity contribution in [2.24, 2.45) is 5.41 Å². The normalized spacial score (nSPS) is 25.0. The molecule has 1 saturated carbocycles. The van der Waals surface area contributed by atoms with E-state index in [1.807, 2.05) is 16.0 Å². The molecular formula is C37H48FN7O4S. The van der Waals surface area contributed by atoms with Crippen LogP contribution in [0.5, 0.6) is 0 Å². The number of piperidine rings is 1. The zero-order valence-electron chi connectivity index (χ0n) is 29.4. The van der Waals surface area contributed by atoms with Gasteiger partial charge in [0.2, 0.25) is 11.9 Å². The first-order valence-corrected chi connectivity index (χ1v) is 19.7. The second-order valence-corrected chi connectivity index (χ2v) is 17.1. The van der Waals surface area contributed by atoms with E-state index in [1.54, 1.807) is 12.3 Å². The van der Waals surface area contributed by atoms with Gasteiger partial charge in [0.05, 0.1) is 23.9 Å². The fourth-order valence-corrected chi connectivity index (χ4v) is 10.9. The molecule has 1 N–H and O–H groups in total. The van der Waals surface area contributed by atoms with Crippen molar-refractivity contribution in [2.45, 2.75) is 81.9 Å². The first kappa shape index (κ1) is 34.6. The van der Waals surface area contributed by atoms with E-state index < -0.39 is 22.1 Å². The predicted molar refractivity (Wildman–Crippen MR) is 195 cm³/mol. The van der Waals surface area contributed by atoms with Gasteiger partial charge in [-0.15, -0.1) is 0 Å². The Bertz CT molecular complexity index is 1900. The number of methoxy groups -OCH3 is 1. The van der Waals surface area contributed by atoms with E-state index in [9.17, 15) is 17.6 Å². The Balaban J connectivity index is 1.27. The zero-order valence-corrected chi connectivity index (χ0v) is 30.3. The summed E-state index contributed by atoms with van der Waals surface area (Å²) in [6.45, 7) is 10.9. The Kier molecular flexibility index (Phi) is 9.25. The summed E-state index contributed by atoms with van der Waals surface area (Å²) in [6, 6.07) is 5.97. The minimum atomic E-state index is -3.17. The van der Waals surface area contributed by atoms with Gasteiger partial charge >= 0.3 is 0 Å². The number of benzene rings is 1. The standard InChI is InChI=1S/C37H48FN7O4S/c1-6-34(46)45-15-8-9-28(45)25-17-29(44-21-37(22-44)13-7-10-31(37)50(5,47)48)26-19-40-33(18-24(26)35(25)23(2)3)41-32-11-14-39-36(42-32)43-16-12-30(49-4)27(38)20-43/h6,11,14,17-19,23,27-28,30-31H,1,7-10,12-13,15-16,20-22H2,2-5H3,(H,39,40,41,42)/t27-,28+,30+,31-/m0/s1. The molecule has 0 unspecified atom stereocenters. The third-order valence-corrected chi connectivity index (χ3v) is 13.1. The van der Waals surface area contributed by atoms with Crippen LogP contribution < -0.4 is 15.1 Å². The maximum atomic E-state index is 14.7. The molecule has 1 aromatic carbocycles. The first-order valence-electron chi connectivity index (χ1n) is 17.8. The number of hydrogen-bond donors (Lipinski definition) is 1. The second-order valence-electron chi connectivity index (χ2n) is 14.9. The van der Waals surface area contributed by atoms with Crippen LogP contribution in [0, 0.1) is 5.41 Å². The molecule has 11 nitrogen and oxygen atoms in total. The van der Waals surface area contributed by atoms with E-state index >= 15 is 0 Å². The molecule has 4 fully saturated rings. The van der Waals surface area contributed by atoms with Gasteiger partial charge in [0.15, 0.2) is 9.84 Å². The number of carbonyl (C=O) groups is 1. The topological polar surface area (TPSA) is 121 Å². The molecular weight excluding hydrogens is 658 g/mol. The summed E-state index contributed by atoms with van der Waals surface area (Å²) in [6.07, 6.45) is 9.64. The fraction of sp³-hybridized carbons (Fsp3) is 0.568. The molecule has 3 aromatic rings. The van der Waals surface area contributed by atoms with E-state index in [-0.39, 0.29) is 35.1 Å². The quantitative estimate of drug-likeness (QED) is 0.277. The molecule has 13 heteroatoms. The number of amides is 1. The molecule has 1 amide bonds. The summed E-state index contributed by atoms with van der Waals surface area (Å²) in [5.74, 6) is 1.66. The fourth-order valence-electron chi connectivity index (χ4n) is 9.11. The Morgan fingerprint density at radius 1 is 1.10 bits per heavy atom. The van der Waals surface area contributed by atoms with E-state index in [4.69, 9.17) is 14.7 Å². The predicted octanol–water partition coefficient (Wildman–Crippen LogP) is 5.71. The van der Waals surface area contributed by atoms with E-state index in [0.717, 1.165) is 53.3 Å². The van der Waals surface area contributed by atoms with Crippen LogP contribution in [-0.4, -0.2) is 97.8 Å². The number of fused-ring (bicyclic) bond motifs is 1. The molecule has 7 rings (SSSR count). The smallest absolute Gasteiger partial charge is 0.246 e. The van der Waals surface area contributed by atoms with Crippen LogP contribution in [0.3, 0.4) is 0 Å². The van der Waals surface area contributed by atoms with Crippen LogP contribution in [0.25, 0.3) is 10.8 Å². The molecule has 0 radical (unpaired) electrons. The van der Waals surface area contributed by atoms with Gasteiger partial charge in [0, 0.05) is 68.4 Å². The maximum Gasteiger partial charge on any atom is 0.246 e. The van der Waals surface area contributed by atoms with Crippen LogP contribution in [0.1, 0.15) is 75.5 Å². The third kappa shape index (κ3) is 6.20. The van der Waals surface area contributed by atoms with Gasteiger partial charge < -0.3 is 24.8 Å².